The summed E-state index contributed by atoms with van der Waals surface area (Å²) in [6.07, 6.45) is 1.50. The van der Waals surface area contributed by atoms with Gasteiger partial charge in [-0.15, -0.1) is 0 Å². The lowest BCUT2D eigenvalue weighted by Crippen LogP contribution is -2.31. The van der Waals surface area contributed by atoms with Gasteiger partial charge in [0.1, 0.15) is 23.7 Å². The maximum Gasteiger partial charge on any atom is 0.293 e. The van der Waals surface area contributed by atoms with Crippen molar-refractivity contribution in [3.05, 3.63) is 82.4 Å². The van der Waals surface area contributed by atoms with Crippen molar-refractivity contribution < 1.29 is 13.6 Å². The Morgan fingerprint density at radius 3 is 2.59 bits per heavy atom. The maximum atomic E-state index is 13.3. The zero-order valence-corrected chi connectivity index (χ0v) is 15.3. The summed E-state index contributed by atoms with van der Waals surface area (Å²) in [5.41, 5.74) is 0.980. The molecule has 9 heteroatoms. The number of hydrogen-bond acceptors (Lipinski definition) is 4. The quantitative estimate of drug-likeness (QED) is 0.576. The summed E-state index contributed by atoms with van der Waals surface area (Å²) in [6.45, 7) is 1.33. The number of aryl methyl sites for hydroxylation is 1. The molecule has 4 rings (SSSR count). The van der Waals surface area contributed by atoms with Crippen molar-refractivity contribution in [1.82, 2.24) is 19.6 Å². The molecule has 0 unspecified atom stereocenters. The van der Waals surface area contributed by atoms with Gasteiger partial charge in [-0.05, 0) is 49.4 Å². The Hall–Kier alpha value is -3.88. The molecule has 1 N–H and O–H groups in total. The molecule has 146 valence electrons. The van der Waals surface area contributed by atoms with Crippen LogP contribution in [-0.2, 0) is 11.3 Å². The van der Waals surface area contributed by atoms with E-state index in [9.17, 15) is 18.4 Å². The van der Waals surface area contributed by atoms with Crippen molar-refractivity contribution in [2.45, 2.75) is 13.5 Å². The number of nitrogens with zero attached hydrogens (tertiary/aromatic N) is 4. The van der Waals surface area contributed by atoms with Crippen molar-refractivity contribution in [2.24, 2.45) is 0 Å². The third-order valence-corrected chi connectivity index (χ3v) is 4.34. The fourth-order valence-corrected chi connectivity index (χ4v) is 3.01. The standard InChI is InChI=1S/C20H15F2N5O2/c1-12-17-10-23-27(16-7-5-13(21)6-8-16)19(17)20(29)26(25-12)11-18(28)24-15-4-2-3-14(22)9-15/h2-10H,11H2,1H3,(H,24,28). The molecule has 0 atom stereocenters. The summed E-state index contributed by atoms with van der Waals surface area (Å²) < 4.78 is 28.9. The molecule has 0 bridgehead atoms. The number of benzene rings is 2. The molecule has 29 heavy (non-hydrogen) atoms. The van der Waals surface area contributed by atoms with E-state index < -0.39 is 23.1 Å². The Morgan fingerprint density at radius 2 is 1.86 bits per heavy atom. The van der Waals surface area contributed by atoms with Crippen LogP contribution in [-0.4, -0.2) is 25.5 Å². The first kappa shape index (κ1) is 18.5. The second-order valence-electron chi connectivity index (χ2n) is 6.40. The zero-order chi connectivity index (χ0) is 20.5. The van der Waals surface area contributed by atoms with Gasteiger partial charge >= 0.3 is 0 Å². The van der Waals surface area contributed by atoms with E-state index in [0.717, 1.165) is 4.68 Å². The predicted molar refractivity (Wildman–Crippen MR) is 103 cm³/mol. The molecule has 2 aromatic heterocycles. The van der Waals surface area contributed by atoms with E-state index in [0.29, 0.717) is 16.8 Å². The van der Waals surface area contributed by atoms with Crippen molar-refractivity contribution in [3.63, 3.8) is 0 Å². The van der Waals surface area contributed by atoms with Gasteiger partial charge in [0, 0.05) is 11.1 Å². The van der Waals surface area contributed by atoms with Crippen molar-refractivity contribution in [1.29, 1.82) is 0 Å². The van der Waals surface area contributed by atoms with E-state index >= 15 is 0 Å². The van der Waals surface area contributed by atoms with Crippen LogP contribution in [0.25, 0.3) is 16.6 Å². The molecule has 0 saturated carbocycles. The molecule has 0 aliphatic rings. The second-order valence-corrected chi connectivity index (χ2v) is 6.40. The highest BCUT2D eigenvalue weighted by molar-refractivity contribution is 5.90. The number of amides is 1. The topological polar surface area (TPSA) is 81.8 Å². The van der Waals surface area contributed by atoms with Crippen LogP contribution in [0.2, 0.25) is 0 Å². The molecule has 1 amide bonds. The van der Waals surface area contributed by atoms with Gasteiger partial charge in [0.05, 0.1) is 17.6 Å². The maximum absolute atomic E-state index is 13.3. The van der Waals surface area contributed by atoms with E-state index in [1.165, 1.54) is 59.4 Å². The number of nitrogens with one attached hydrogen (secondary N) is 1. The van der Waals surface area contributed by atoms with E-state index in [2.05, 4.69) is 15.5 Å². The third kappa shape index (κ3) is 3.62. The Kier molecular flexibility index (Phi) is 4.63. The Bertz CT molecular complexity index is 1280. The average Bonchev–Trinajstić information content (AvgIpc) is 3.12. The number of carbonyl (C=O) groups excluding carboxylic acids is 1. The van der Waals surface area contributed by atoms with Crippen molar-refractivity contribution >= 4 is 22.5 Å². The predicted octanol–water partition coefficient (Wildman–Crippen LogP) is 2.81. The minimum Gasteiger partial charge on any atom is -0.324 e. The van der Waals surface area contributed by atoms with Crippen LogP contribution < -0.4 is 10.9 Å². The number of rotatable bonds is 4. The Labute approximate surface area is 163 Å². The number of halogens is 2. The van der Waals surface area contributed by atoms with Crippen LogP contribution >= 0.6 is 0 Å². The SMILES string of the molecule is Cc1nn(CC(=O)Nc2cccc(F)c2)c(=O)c2c1cnn2-c1ccc(F)cc1. The van der Waals surface area contributed by atoms with E-state index in [1.54, 1.807) is 6.92 Å². The number of aromatic nitrogens is 4. The number of carbonyl (C=O) groups is 1. The number of hydrogen-bond donors (Lipinski definition) is 1. The summed E-state index contributed by atoms with van der Waals surface area (Å²) >= 11 is 0. The highest BCUT2D eigenvalue weighted by atomic mass is 19.1. The first-order valence-corrected chi connectivity index (χ1v) is 8.69. The molecule has 0 saturated heterocycles. The van der Waals surface area contributed by atoms with E-state index in [1.807, 2.05) is 0 Å². The zero-order valence-electron chi connectivity index (χ0n) is 15.3. The van der Waals surface area contributed by atoms with Crippen LogP contribution in [0.4, 0.5) is 14.5 Å². The minimum atomic E-state index is -0.531. The van der Waals surface area contributed by atoms with E-state index in [4.69, 9.17) is 0 Å². The van der Waals surface area contributed by atoms with Crippen LogP contribution in [0, 0.1) is 18.6 Å². The van der Waals surface area contributed by atoms with Gasteiger partial charge in [0.15, 0.2) is 0 Å². The van der Waals surface area contributed by atoms with Crippen LogP contribution in [0.15, 0.2) is 59.5 Å². The lowest BCUT2D eigenvalue weighted by Gasteiger charge is -2.09. The molecular weight excluding hydrogens is 380 g/mol. The summed E-state index contributed by atoms with van der Waals surface area (Å²) in [7, 11) is 0. The van der Waals surface area contributed by atoms with Crippen LogP contribution in [0.3, 0.4) is 0 Å². The number of anilines is 1. The van der Waals surface area contributed by atoms with Gasteiger partial charge in [0.2, 0.25) is 5.91 Å². The molecule has 2 heterocycles. The summed E-state index contributed by atoms with van der Waals surface area (Å²) in [6, 6.07) is 11.0. The normalized spacial score (nSPS) is 11.0. The number of fused-ring (bicyclic) bond motifs is 1. The molecule has 0 aliphatic carbocycles. The first-order chi connectivity index (χ1) is 13.9. The molecule has 0 radical (unpaired) electrons. The molecular formula is C20H15F2N5O2. The Morgan fingerprint density at radius 1 is 1.10 bits per heavy atom. The van der Waals surface area contributed by atoms with Gasteiger partial charge < -0.3 is 5.32 Å². The van der Waals surface area contributed by atoms with Crippen LogP contribution in [0.1, 0.15) is 5.69 Å². The highest BCUT2D eigenvalue weighted by Gasteiger charge is 2.17. The summed E-state index contributed by atoms with van der Waals surface area (Å²) in [4.78, 5) is 25.3. The molecule has 7 nitrogen and oxygen atoms in total. The van der Waals surface area contributed by atoms with Crippen molar-refractivity contribution in [2.75, 3.05) is 5.32 Å². The molecule has 0 spiro atoms. The smallest absolute Gasteiger partial charge is 0.293 e. The van der Waals surface area contributed by atoms with Crippen LogP contribution in [0.5, 0.6) is 0 Å². The summed E-state index contributed by atoms with van der Waals surface area (Å²) in [5.74, 6) is -1.43. The third-order valence-electron chi connectivity index (χ3n) is 4.34. The highest BCUT2D eigenvalue weighted by Crippen LogP contribution is 2.17. The molecule has 4 aromatic rings. The fraction of sp³-hybridized carbons (Fsp3) is 0.100. The minimum absolute atomic E-state index is 0.225. The molecule has 0 aliphatic heterocycles. The fourth-order valence-electron chi connectivity index (χ4n) is 3.01. The monoisotopic (exact) mass is 395 g/mol. The molecule has 2 aromatic carbocycles. The van der Waals surface area contributed by atoms with Gasteiger partial charge in [-0.1, -0.05) is 6.07 Å². The summed E-state index contributed by atoms with van der Waals surface area (Å²) in [5, 5.41) is 11.4. The van der Waals surface area contributed by atoms with Gasteiger partial charge in [-0.2, -0.15) is 10.2 Å². The van der Waals surface area contributed by atoms with Gasteiger partial charge in [-0.3, -0.25) is 9.59 Å². The van der Waals surface area contributed by atoms with Crippen molar-refractivity contribution in [3.8, 4) is 5.69 Å². The van der Waals surface area contributed by atoms with Gasteiger partial charge in [-0.25, -0.2) is 18.1 Å². The molecule has 0 fully saturated rings. The second kappa shape index (κ2) is 7.27. The lowest BCUT2D eigenvalue weighted by atomic mass is 10.2. The lowest BCUT2D eigenvalue weighted by molar-refractivity contribution is -0.117. The van der Waals surface area contributed by atoms with Gasteiger partial charge in [0.25, 0.3) is 5.56 Å². The largest absolute Gasteiger partial charge is 0.324 e. The Balaban J connectivity index is 1.71. The van der Waals surface area contributed by atoms with E-state index in [-0.39, 0.29) is 17.7 Å². The first-order valence-electron chi connectivity index (χ1n) is 8.69. The average molecular weight is 395 g/mol.